The van der Waals surface area contributed by atoms with Gasteiger partial charge in [0.2, 0.25) is 11.9 Å². The molecule has 0 bridgehead atoms. The summed E-state index contributed by atoms with van der Waals surface area (Å²) in [6.07, 6.45) is 6.43. The zero-order valence-electron chi connectivity index (χ0n) is 14.7. The van der Waals surface area contributed by atoms with Crippen LogP contribution in [-0.4, -0.2) is 29.0 Å². The van der Waals surface area contributed by atoms with Crippen LogP contribution in [0.2, 0.25) is 0 Å². The lowest BCUT2D eigenvalue weighted by molar-refractivity contribution is -0.125. The van der Waals surface area contributed by atoms with Crippen LogP contribution in [0.25, 0.3) is 0 Å². The molecule has 132 valence electrons. The third-order valence-corrected chi connectivity index (χ3v) is 5.36. The van der Waals surface area contributed by atoms with E-state index in [4.69, 9.17) is 0 Å². The predicted molar refractivity (Wildman–Crippen MR) is 94.0 cm³/mol. The lowest BCUT2D eigenvalue weighted by Gasteiger charge is -2.31. The molecular weight excluding hydrogens is 304 g/mol. The molecule has 0 aromatic carbocycles. The summed E-state index contributed by atoms with van der Waals surface area (Å²) in [7, 11) is 0. The number of hydrogen-bond acceptors (Lipinski definition) is 4. The van der Waals surface area contributed by atoms with Crippen molar-refractivity contribution in [3.63, 3.8) is 0 Å². The van der Waals surface area contributed by atoms with E-state index in [-0.39, 0.29) is 23.4 Å². The topological polar surface area (TPSA) is 78.1 Å². The average Bonchev–Trinajstić information content (AvgIpc) is 3.09. The normalized spacial score (nSPS) is 21.0. The van der Waals surface area contributed by atoms with E-state index in [1.54, 1.807) is 0 Å². The second-order valence-electron chi connectivity index (χ2n) is 7.38. The van der Waals surface area contributed by atoms with E-state index >= 15 is 0 Å². The molecule has 0 spiro atoms. The van der Waals surface area contributed by atoms with Gasteiger partial charge in [0.1, 0.15) is 0 Å². The van der Waals surface area contributed by atoms with Crippen molar-refractivity contribution in [3.05, 3.63) is 22.1 Å². The third kappa shape index (κ3) is 3.97. The summed E-state index contributed by atoms with van der Waals surface area (Å²) in [5, 5.41) is 3.03. The number of amides is 1. The van der Waals surface area contributed by atoms with E-state index in [1.807, 2.05) is 6.92 Å². The van der Waals surface area contributed by atoms with Gasteiger partial charge in [-0.05, 0) is 38.5 Å². The molecule has 2 aliphatic rings. The molecule has 1 atom stereocenters. The fraction of sp³-hybridized carbons (Fsp3) is 0.722. The number of nitrogens with zero attached hydrogens (tertiary/aromatic N) is 2. The van der Waals surface area contributed by atoms with Gasteiger partial charge in [0.15, 0.2) is 0 Å². The van der Waals surface area contributed by atoms with Crippen molar-refractivity contribution in [3.8, 4) is 0 Å². The van der Waals surface area contributed by atoms with Gasteiger partial charge in [-0.15, -0.1) is 0 Å². The molecule has 2 fully saturated rings. The van der Waals surface area contributed by atoms with E-state index in [9.17, 15) is 9.59 Å². The van der Waals surface area contributed by atoms with E-state index in [2.05, 4.69) is 27.1 Å². The molecule has 1 aromatic rings. The first-order chi connectivity index (χ1) is 11.5. The minimum Gasteiger partial charge on any atom is -0.348 e. The molecule has 1 saturated heterocycles. The van der Waals surface area contributed by atoms with Crippen molar-refractivity contribution < 1.29 is 4.79 Å². The Labute approximate surface area is 143 Å². The summed E-state index contributed by atoms with van der Waals surface area (Å²) in [6, 6.07) is 1.25. The SMILES string of the molecule is CC1CCN(c2nc([C@H](C)NC(=O)C3CCCC3)cc(=O)[nH]2)CC1. The lowest BCUT2D eigenvalue weighted by atomic mass is 10.00. The highest BCUT2D eigenvalue weighted by atomic mass is 16.2. The van der Waals surface area contributed by atoms with Gasteiger partial charge in [0, 0.05) is 25.1 Å². The molecule has 3 rings (SSSR count). The van der Waals surface area contributed by atoms with Crippen LogP contribution < -0.4 is 15.8 Å². The van der Waals surface area contributed by atoms with Gasteiger partial charge in [0.25, 0.3) is 5.56 Å². The summed E-state index contributed by atoms with van der Waals surface area (Å²) in [4.78, 5) is 33.9. The maximum atomic E-state index is 12.3. The molecule has 6 nitrogen and oxygen atoms in total. The van der Waals surface area contributed by atoms with Crippen LogP contribution in [0.15, 0.2) is 10.9 Å². The molecule has 0 radical (unpaired) electrons. The Morgan fingerprint density at radius 3 is 2.62 bits per heavy atom. The standard InChI is InChI=1S/C18H28N4O2/c1-12-7-9-22(10-8-12)18-20-15(11-16(23)21-18)13(2)19-17(24)14-5-3-4-6-14/h11-14H,3-10H2,1-2H3,(H,19,24)(H,20,21,23)/t13-/m0/s1. The Balaban J connectivity index is 1.70. The van der Waals surface area contributed by atoms with Crippen molar-refractivity contribution in [1.29, 1.82) is 0 Å². The van der Waals surface area contributed by atoms with Gasteiger partial charge in [0.05, 0.1) is 11.7 Å². The number of rotatable bonds is 4. The smallest absolute Gasteiger partial charge is 0.252 e. The number of anilines is 1. The van der Waals surface area contributed by atoms with Crippen LogP contribution in [0.5, 0.6) is 0 Å². The molecule has 2 N–H and O–H groups in total. The number of piperidine rings is 1. The Bertz CT molecular complexity index is 628. The number of aromatic amines is 1. The molecule has 1 aliphatic carbocycles. The van der Waals surface area contributed by atoms with E-state index in [0.717, 1.165) is 57.5 Å². The highest BCUT2D eigenvalue weighted by Gasteiger charge is 2.25. The molecular formula is C18H28N4O2. The quantitative estimate of drug-likeness (QED) is 0.887. The average molecular weight is 332 g/mol. The van der Waals surface area contributed by atoms with Crippen LogP contribution in [0.3, 0.4) is 0 Å². The molecule has 24 heavy (non-hydrogen) atoms. The number of carbonyl (C=O) groups is 1. The lowest BCUT2D eigenvalue weighted by Crippen LogP contribution is -2.36. The summed E-state index contributed by atoms with van der Waals surface area (Å²) in [6.45, 7) is 5.98. The van der Waals surface area contributed by atoms with Crippen molar-refractivity contribution in [2.24, 2.45) is 11.8 Å². The number of hydrogen-bond donors (Lipinski definition) is 2. The van der Waals surface area contributed by atoms with Crippen LogP contribution in [0.1, 0.15) is 64.1 Å². The van der Waals surface area contributed by atoms with Crippen LogP contribution in [0, 0.1) is 11.8 Å². The first kappa shape index (κ1) is 17.0. The molecule has 6 heteroatoms. The maximum absolute atomic E-state index is 12.3. The maximum Gasteiger partial charge on any atom is 0.252 e. The molecule has 0 unspecified atom stereocenters. The van der Waals surface area contributed by atoms with Gasteiger partial charge in [-0.1, -0.05) is 19.8 Å². The zero-order valence-corrected chi connectivity index (χ0v) is 14.7. The van der Waals surface area contributed by atoms with Gasteiger partial charge in [-0.2, -0.15) is 0 Å². The Hall–Kier alpha value is -1.85. The molecule has 1 saturated carbocycles. The number of aromatic nitrogens is 2. The van der Waals surface area contributed by atoms with Crippen LogP contribution in [-0.2, 0) is 4.79 Å². The van der Waals surface area contributed by atoms with Gasteiger partial charge >= 0.3 is 0 Å². The number of nitrogens with one attached hydrogen (secondary N) is 2. The predicted octanol–water partition coefficient (Wildman–Crippen LogP) is 2.37. The largest absolute Gasteiger partial charge is 0.348 e. The summed E-state index contributed by atoms with van der Waals surface area (Å²) in [5.74, 6) is 1.57. The van der Waals surface area contributed by atoms with Crippen LogP contribution >= 0.6 is 0 Å². The van der Waals surface area contributed by atoms with Crippen molar-refractivity contribution in [2.45, 2.75) is 58.4 Å². The summed E-state index contributed by atoms with van der Waals surface area (Å²) in [5.41, 5.74) is 0.481. The second kappa shape index (κ2) is 7.36. The summed E-state index contributed by atoms with van der Waals surface area (Å²) < 4.78 is 0. The second-order valence-corrected chi connectivity index (χ2v) is 7.38. The Morgan fingerprint density at radius 2 is 1.96 bits per heavy atom. The van der Waals surface area contributed by atoms with Gasteiger partial charge in [-0.3, -0.25) is 14.6 Å². The highest BCUT2D eigenvalue weighted by molar-refractivity contribution is 5.79. The fourth-order valence-electron chi connectivity index (χ4n) is 3.65. The fourth-order valence-corrected chi connectivity index (χ4v) is 3.65. The van der Waals surface area contributed by atoms with Crippen molar-refractivity contribution >= 4 is 11.9 Å². The molecule has 1 aliphatic heterocycles. The first-order valence-corrected chi connectivity index (χ1v) is 9.19. The minimum atomic E-state index is -0.247. The van der Waals surface area contributed by atoms with Gasteiger partial charge < -0.3 is 10.2 Å². The van der Waals surface area contributed by atoms with Crippen LogP contribution in [0.4, 0.5) is 5.95 Å². The first-order valence-electron chi connectivity index (χ1n) is 9.19. The van der Waals surface area contributed by atoms with E-state index in [1.165, 1.54) is 6.07 Å². The summed E-state index contributed by atoms with van der Waals surface area (Å²) >= 11 is 0. The monoisotopic (exact) mass is 332 g/mol. The van der Waals surface area contributed by atoms with E-state index < -0.39 is 0 Å². The minimum absolute atomic E-state index is 0.0930. The van der Waals surface area contributed by atoms with Crippen molar-refractivity contribution in [1.82, 2.24) is 15.3 Å². The zero-order chi connectivity index (χ0) is 17.1. The number of H-pyrrole nitrogens is 1. The number of carbonyl (C=O) groups excluding carboxylic acids is 1. The Kier molecular flexibility index (Phi) is 5.21. The highest BCUT2D eigenvalue weighted by Crippen LogP contribution is 2.26. The Morgan fingerprint density at radius 1 is 1.29 bits per heavy atom. The third-order valence-electron chi connectivity index (χ3n) is 5.36. The molecule has 1 amide bonds. The van der Waals surface area contributed by atoms with E-state index in [0.29, 0.717) is 11.6 Å². The van der Waals surface area contributed by atoms with Crippen molar-refractivity contribution in [2.75, 3.05) is 18.0 Å². The van der Waals surface area contributed by atoms with Gasteiger partial charge in [-0.25, -0.2) is 4.98 Å². The molecule has 2 heterocycles. The molecule has 1 aromatic heterocycles.